The summed E-state index contributed by atoms with van der Waals surface area (Å²) in [7, 11) is 0. The van der Waals surface area contributed by atoms with E-state index in [0.717, 1.165) is 24.8 Å². The van der Waals surface area contributed by atoms with Crippen LogP contribution in [0.2, 0.25) is 0 Å². The highest BCUT2D eigenvalue weighted by atomic mass is 16.5. The van der Waals surface area contributed by atoms with Gasteiger partial charge in [-0.25, -0.2) is 4.79 Å². The summed E-state index contributed by atoms with van der Waals surface area (Å²) in [6.45, 7) is 11.5. The minimum absolute atomic E-state index is 0.100. The molecule has 1 saturated heterocycles. The van der Waals surface area contributed by atoms with Crippen LogP contribution in [0.5, 0.6) is 0 Å². The third-order valence-electron chi connectivity index (χ3n) is 3.97. The predicted molar refractivity (Wildman–Crippen MR) is 95.1 cm³/mol. The number of cyclic esters (lactones) is 1. The second-order valence-electron chi connectivity index (χ2n) is 6.81. The van der Waals surface area contributed by atoms with Crippen LogP contribution in [-0.2, 0) is 9.53 Å². The first-order valence-corrected chi connectivity index (χ1v) is 8.30. The van der Waals surface area contributed by atoms with Crippen LogP contribution in [0.25, 0.3) is 0 Å². The molecule has 0 amide bonds. The van der Waals surface area contributed by atoms with Crippen molar-refractivity contribution in [1.29, 1.82) is 0 Å². The molecule has 1 N–H and O–H groups in total. The lowest BCUT2D eigenvalue weighted by atomic mass is 9.99. The molecule has 1 heterocycles. The van der Waals surface area contributed by atoms with Gasteiger partial charge in [-0.05, 0) is 59.5 Å². The summed E-state index contributed by atoms with van der Waals surface area (Å²) in [4.78, 5) is 11.8. The van der Waals surface area contributed by atoms with Gasteiger partial charge in [-0.2, -0.15) is 0 Å². The fourth-order valence-electron chi connectivity index (χ4n) is 2.48. The highest BCUT2D eigenvalue weighted by Gasteiger charge is 2.26. The summed E-state index contributed by atoms with van der Waals surface area (Å²) < 4.78 is 5.32. The van der Waals surface area contributed by atoms with Crippen LogP contribution in [0.15, 0.2) is 47.6 Å². The Bertz CT molecular complexity index is 517. The van der Waals surface area contributed by atoms with E-state index in [1.54, 1.807) is 13.0 Å². The summed E-state index contributed by atoms with van der Waals surface area (Å²) >= 11 is 0. The number of esters is 1. The zero-order valence-corrected chi connectivity index (χ0v) is 14.9. The Kier molecular flexibility index (Phi) is 7.50. The SMILES string of the molecule is C=CC(C)(O)CCC=C(C)CCC=C1CC(C=C(C)C)OC1=O. The molecule has 0 aromatic carbocycles. The molecule has 0 radical (unpaired) electrons. The molecule has 0 spiro atoms. The van der Waals surface area contributed by atoms with Gasteiger partial charge in [-0.3, -0.25) is 0 Å². The van der Waals surface area contributed by atoms with E-state index >= 15 is 0 Å². The zero-order valence-electron chi connectivity index (χ0n) is 14.9. The van der Waals surface area contributed by atoms with Gasteiger partial charge in [-0.15, -0.1) is 6.58 Å². The Morgan fingerprint density at radius 1 is 1.39 bits per heavy atom. The Hall–Kier alpha value is -1.61. The van der Waals surface area contributed by atoms with Crippen molar-refractivity contribution in [3.05, 3.63) is 47.6 Å². The molecule has 2 unspecified atom stereocenters. The quantitative estimate of drug-likeness (QED) is 0.403. The maximum atomic E-state index is 11.8. The third-order valence-corrected chi connectivity index (χ3v) is 3.97. The van der Waals surface area contributed by atoms with Gasteiger partial charge in [0.05, 0.1) is 5.60 Å². The number of hydrogen-bond acceptors (Lipinski definition) is 3. The van der Waals surface area contributed by atoms with Crippen LogP contribution in [-0.4, -0.2) is 22.8 Å². The molecule has 0 bridgehead atoms. The lowest BCUT2D eigenvalue weighted by Gasteiger charge is -2.16. The van der Waals surface area contributed by atoms with Gasteiger partial charge >= 0.3 is 5.97 Å². The van der Waals surface area contributed by atoms with Crippen molar-refractivity contribution in [1.82, 2.24) is 0 Å². The Morgan fingerprint density at radius 3 is 2.70 bits per heavy atom. The minimum atomic E-state index is -0.799. The van der Waals surface area contributed by atoms with Gasteiger partial charge < -0.3 is 9.84 Å². The maximum absolute atomic E-state index is 11.8. The Labute approximate surface area is 140 Å². The van der Waals surface area contributed by atoms with Crippen LogP contribution >= 0.6 is 0 Å². The number of allylic oxidation sites excluding steroid dienone is 4. The van der Waals surface area contributed by atoms with Gasteiger partial charge in [0.25, 0.3) is 0 Å². The van der Waals surface area contributed by atoms with Crippen molar-refractivity contribution in [2.24, 2.45) is 0 Å². The summed E-state index contributed by atoms with van der Waals surface area (Å²) in [5.74, 6) is -0.184. The van der Waals surface area contributed by atoms with E-state index in [0.29, 0.717) is 12.8 Å². The molecule has 1 rings (SSSR count). The number of carbonyl (C=O) groups is 1. The molecule has 1 aliphatic heterocycles. The predicted octanol–water partition coefficient (Wildman–Crippen LogP) is 4.64. The first kappa shape index (κ1) is 19.4. The normalized spacial score (nSPS) is 22.7. The van der Waals surface area contributed by atoms with Crippen molar-refractivity contribution in [3.8, 4) is 0 Å². The third kappa shape index (κ3) is 7.47. The molecule has 0 aromatic heterocycles. The van der Waals surface area contributed by atoms with Crippen molar-refractivity contribution in [2.45, 2.75) is 71.5 Å². The second-order valence-corrected chi connectivity index (χ2v) is 6.81. The molecule has 0 aliphatic carbocycles. The Balaban J connectivity index is 2.42. The minimum Gasteiger partial charge on any atom is -0.454 e. The fraction of sp³-hybridized carbons (Fsp3) is 0.550. The highest BCUT2D eigenvalue weighted by Crippen LogP contribution is 2.23. The molecular formula is C20H30O3. The van der Waals surface area contributed by atoms with Crippen LogP contribution in [0, 0.1) is 0 Å². The largest absolute Gasteiger partial charge is 0.454 e. The van der Waals surface area contributed by atoms with Crippen molar-refractivity contribution < 1.29 is 14.6 Å². The van der Waals surface area contributed by atoms with Crippen LogP contribution in [0.4, 0.5) is 0 Å². The van der Waals surface area contributed by atoms with Crippen molar-refractivity contribution in [2.75, 3.05) is 0 Å². The number of hydrogen-bond donors (Lipinski definition) is 1. The van der Waals surface area contributed by atoms with E-state index in [2.05, 4.69) is 19.6 Å². The number of rotatable bonds is 8. The van der Waals surface area contributed by atoms with Gasteiger partial charge in [0.15, 0.2) is 0 Å². The smallest absolute Gasteiger partial charge is 0.334 e. The summed E-state index contributed by atoms with van der Waals surface area (Å²) in [5.41, 5.74) is 2.42. The van der Waals surface area contributed by atoms with E-state index in [1.165, 1.54) is 11.1 Å². The van der Waals surface area contributed by atoms with Gasteiger partial charge in [0, 0.05) is 12.0 Å². The molecule has 3 heteroatoms. The van der Waals surface area contributed by atoms with Gasteiger partial charge in [0.2, 0.25) is 0 Å². The zero-order chi connectivity index (χ0) is 17.5. The first-order chi connectivity index (χ1) is 10.7. The van der Waals surface area contributed by atoms with Gasteiger partial charge in [-0.1, -0.05) is 29.4 Å². The molecule has 1 fully saturated rings. The van der Waals surface area contributed by atoms with Crippen molar-refractivity contribution >= 4 is 5.97 Å². The summed E-state index contributed by atoms with van der Waals surface area (Å²) in [6.07, 6.45) is 11.5. The molecular weight excluding hydrogens is 288 g/mol. The van der Waals surface area contributed by atoms with E-state index in [9.17, 15) is 9.90 Å². The van der Waals surface area contributed by atoms with Crippen LogP contribution in [0.1, 0.15) is 59.8 Å². The second kappa shape index (κ2) is 8.88. The average Bonchev–Trinajstić information content (AvgIpc) is 2.78. The lowest BCUT2D eigenvalue weighted by Crippen LogP contribution is -2.19. The lowest BCUT2D eigenvalue weighted by molar-refractivity contribution is -0.137. The van der Waals surface area contributed by atoms with Crippen LogP contribution in [0.3, 0.4) is 0 Å². The van der Waals surface area contributed by atoms with Crippen molar-refractivity contribution in [3.63, 3.8) is 0 Å². The van der Waals surface area contributed by atoms with Crippen LogP contribution < -0.4 is 0 Å². The number of aliphatic hydroxyl groups is 1. The molecule has 1 aliphatic rings. The summed E-state index contributed by atoms with van der Waals surface area (Å²) in [6, 6.07) is 0. The molecule has 23 heavy (non-hydrogen) atoms. The summed E-state index contributed by atoms with van der Waals surface area (Å²) in [5, 5.41) is 9.86. The number of carbonyl (C=O) groups excluding carboxylic acids is 1. The Morgan fingerprint density at radius 2 is 2.09 bits per heavy atom. The first-order valence-electron chi connectivity index (χ1n) is 8.30. The molecule has 2 atom stereocenters. The molecule has 128 valence electrons. The average molecular weight is 318 g/mol. The number of ether oxygens (including phenoxy) is 1. The molecule has 0 saturated carbocycles. The molecule has 0 aromatic rings. The molecule has 3 nitrogen and oxygen atoms in total. The van der Waals surface area contributed by atoms with E-state index < -0.39 is 5.60 Å². The standard InChI is InChI=1S/C20H30O3/c1-6-20(5,22)12-8-10-16(4)9-7-11-17-14-18(13-15(2)3)23-19(17)21/h6,10-11,13,18,22H,1,7-9,12,14H2,2-5H3. The van der Waals surface area contributed by atoms with E-state index in [4.69, 9.17) is 4.74 Å². The topological polar surface area (TPSA) is 46.5 Å². The van der Waals surface area contributed by atoms with E-state index in [1.807, 2.05) is 26.0 Å². The van der Waals surface area contributed by atoms with Gasteiger partial charge in [0.1, 0.15) is 6.10 Å². The fourth-order valence-corrected chi connectivity index (χ4v) is 2.48. The van der Waals surface area contributed by atoms with E-state index in [-0.39, 0.29) is 12.1 Å². The highest BCUT2D eigenvalue weighted by molar-refractivity contribution is 5.90. The monoisotopic (exact) mass is 318 g/mol. The maximum Gasteiger partial charge on any atom is 0.334 e.